The maximum absolute atomic E-state index is 12.9. The number of nitrogens with two attached hydrogens (primary N) is 1. The molecule has 118 valence electrons. The Morgan fingerprint density at radius 2 is 2.14 bits per heavy atom. The summed E-state index contributed by atoms with van der Waals surface area (Å²) in [4.78, 5) is 0.0738. The molecule has 7 heteroatoms. The number of rotatable bonds is 7. The Labute approximate surface area is 125 Å². The summed E-state index contributed by atoms with van der Waals surface area (Å²) in [5.41, 5.74) is 6.10. The highest BCUT2D eigenvalue weighted by Gasteiger charge is 2.36. The molecule has 6 nitrogen and oxygen atoms in total. The van der Waals surface area contributed by atoms with E-state index in [4.69, 9.17) is 10.5 Å². The highest BCUT2D eigenvalue weighted by Crippen LogP contribution is 2.34. The van der Waals surface area contributed by atoms with E-state index in [1.807, 2.05) is 0 Å². The lowest BCUT2D eigenvalue weighted by molar-refractivity contribution is 0.177. The number of sulfonamides is 1. The van der Waals surface area contributed by atoms with Crippen molar-refractivity contribution in [2.24, 2.45) is 0 Å². The normalized spacial score (nSPS) is 16.0. The molecule has 2 rings (SSSR count). The minimum atomic E-state index is -3.73. The van der Waals surface area contributed by atoms with Crippen molar-refractivity contribution in [1.29, 1.82) is 0 Å². The van der Waals surface area contributed by atoms with Crippen molar-refractivity contribution in [3.05, 3.63) is 18.2 Å². The molecule has 21 heavy (non-hydrogen) atoms. The number of aliphatic hydroxyl groups is 1. The van der Waals surface area contributed by atoms with Crippen LogP contribution in [0.25, 0.3) is 0 Å². The Hall–Kier alpha value is -1.31. The fraction of sp³-hybridized carbons (Fsp3) is 0.571. The van der Waals surface area contributed by atoms with Gasteiger partial charge in [-0.3, -0.25) is 0 Å². The van der Waals surface area contributed by atoms with Gasteiger partial charge in [0.25, 0.3) is 0 Å². The fourth-order valence-electron chi connectivity index (χ4n) is 2.40. The van der Waals surface area contributed by atoms with Crippen LogP contribution >= 0.6 is 0 Å². The van der Waals surface area contributed by atoms with Gasteiger partial charge in [0.1, 0.15) is 10.6 Å². The third-order valence-corrected chi connectivity index (χ3v) is 5.63. The molecule has 1 fully saturated rings. The molecule has 0 saturated heterocycles. The molecule has 1 aliphatic carbocycles. The maximum Gasteiger partial charge on any atom is 0.247 e. The van der Waals surface area contributed by atoms with E-state index in [2.05, 4.69) is 0 Å². The summed E-state index contributed by atoms with van der Waals surface area (Å²) in [6.45, 7) is 2.05. The van der Waals surface area contributed by atoms with Crippen LogP contribution in [0.3, 0.4) is 0 Å². The highest BCUT2D eigenvalue weighted by molar-refractivity contribution is 7.89. The zero-order valence-corrected chi connectivity index (χ0v) is 13.0. The fourth-order valence-corrected chi connectivity index (χ4v) is 4.24. The molecular weight excluding hydrogens is 292 g/mol. The SMILES string of the molecule is CCOc1ccc(N)cc1S(=O)(=O)N(CCO)C1CCC1. The lowest BCUT2D eigenvalue weighted by atomic mass is 9.93. The first-order chi connectivity index (χ1) is 10.0. The Morgan fingerprint density at radius 3 is 2.67 bits per heavy atom. The highest BCUT2D eigenvalue weighted by atomic mass is 32.2. The van der Waals surface area contributed by atoms with Crippen LogP contribution in [0.2, 0.25) is 0 Å². The van der Waals surface area contributed by atoms with E-state index in [0.717, 1.165) is 19.3 Å². The van der Waals surface area contributed by atoms with Crippen LogP contribution < -0.4 is 10.5 Å². The second-order valence-corrected chi connectivity index (χ2v) is 6.92. The molecule has 1 aromatic rings. The predicted octanol–water partition coefficient (Wildman–Crippen LogP) is 1.20. The number of ether oxygens (including phenoxy) is 1. The van der Waals surface area contributed by atoms with Crippen LogP contribution in [0.15, 0.2) is 23.1 Å². The standard InChI is InChI=1S/C14H22N2O4S/c1-2-20-13-7-6-11(15)10-14(13)21(18,19)16(8-9-17)12-4-3-5-12/h6-7,10,12,17H,2-5,8-9,15H2,1H3. The van der Waals surface area contributed by atoms with Crippen LogP contribution in [0.1, 0.15) is 26.2 Å². The number of hydrogen-bond acceptors (Lipinski definition) is 5. The Morgan fingerprint density at radius 1 is 1.43 bits per heavy atom. The van der Waals surface area contributed by atoms with E-state index < -0.39 is 10.0 Å². The van der Waals surface area contributed by atoms with Crippen LogP contribution in [0.4, 0.5) is 5.69 Å². The van der Waals surface area contributed by atoms with Crippen molar-refractivity contribution in [3.8, 4) is 5.75 Å². The van der Waals surface area contributed by atoms with Crippen LogP contribution in [-0.4, -0.2) is 43.6 Å². The van der Waals surface area contributed by atoms with Crippen molar-refractivity contribution in [2.75, 3.05) is 25.5 Å². The maximum atomic E-state index is 12.9. The Bertz CT molecular complexity index is 585. The Balaban J connectivity index is 2.43. The number of aliphatic hydroxyl groups excluding tert-OH is 1. The molecule has 0 aliphatic heterocycles. The van der Waals surface area contributed by atoms with Crippen LogP contribution in [0, 0.1) is 0 Å². The third kappa shape index (κ3) is 3.30. The average molecular weight is 314 g/mol. The van der Waals surface area contributed by atoms with E-state index in [1.54, 1.807) is 19.1 Å². The van der Waals surface area contributed by atoms with Gasteiger partial charge in [-0.1, -0.05) is 6.42 Å². The molecule has 0 amide bonds. The minimum absolute atomic E-state index is 0.0435. The second kappa shape index (κ2) is 6.64. The van der Waals surface area contributed by atoms with Gasteiger partial charge in [-0.2, -0.15) is 4.31 Å². The van der Waals surface area contributed by atoms with E-state index in [1.165, 1.54) is 10.4 Å². The van der Waals surface area contributed by atoms with Crippen LogP contribution in [0.5, 0.6) is 5.75 Å². The van der Waals surface area contributed by atoms with E-state index in [-0.39, 0.29) is 24.1 Å². The molecule has 3 N–H and O–H groups in total. The number of benzene rings is 1. The van der Waals surface area contributed by atoms with Gasteiger partial charge in [0.2, 0.25) is 10.0 Å². The third-order valence-electron chi connectivity index (χ3n) is 3.66. The molecular formula is C14H22N2O4S. The smallest absolute Gasteiger partial charge is 0.247 e. The summed E-state index contributed by atoms with van der Waals surface area (Å²) in [7, 11) is -3.73. The molecule has 1 saturated carbocycles. The number of nitrogens with zero attached hydrogens (tertiary/aromatic N) is 1. The summed E-state index contributed by atoms with van der Waals surface area (Å²) in [5.74, 6) is 0.300. The van der Waals surface area contributed by atoms with Gasteiger partial charge in [-0.05, 0) is 38.0 Å². The summed E-state index contributed by atoms with van der Waals surface area (Å²) >= 11 is 0. The summed E-state index contributed by atoms with van der Waals surface area (Å²) in [5, 5.41) is 9.18. The van der Waals surface area contributed by atoms with Gasteiger partial charge < -0.3 is 15.6 Å². The molecule has 0 unspecified atom stereocenters. The first kappa shape index (κ1) is 16.1. The van der Waals surface area contributed by atoms with Gasteiger partial charge >= 0.3 is 0 Å². The van der Waals surface area contributed by atoms with Gasteiger partial charge in [0, 0.05) is 18.3 Å². The molecule has 0 aromatic heterocycles. The van der Waals surface area contributed by atoms with Gasteiger partial charge in [-0.15, -0.1) is 0 Å². The lowest BCUT2D eigenvalue weighted by Crippen LogP contribution is -2.45. The van der Waals surface area contributed by atoms with Gasteiger partial charge in [-0.25, -0.2) is 8.42 Å². The van der Waals surface area contributed by atoms with Crippen molar-refractivity contribution in [2.45, 2.75) is 37.1 Å². The van der Waals surface area contributed by atoms with Gasteiger partial charge in [0.05, 0.1) is 13.2 Å². The predicted molar refractivity (Wildman–Crippen MR) is 80.6 cm³/mol. The monoisotopic (exact) mass is 314 g/mol. The van der Waals surface area contributed by atoms with E-state index >= 15 is 0 Å². The zero-order chi connectivity index (χ0) is 15.5. The van der Waals surface area contributed by atoms with Crippen molar-refractivity contribution in [3.63, 3.8) is 0 Å². The van der Waals surface area contributed by atoms with E-state index in [0.29, 0.717) is 18.0 Å². The number of anilines is 1. The Kier molecular flexibility index (Phi) is 5.08. The lowest BCUT2D eigenvalue weighted by Gasteiger charge is -2.36. The molecule has 0 bridgehead atoms. The summed E-state index contributed by atoms with van der Waals surface area (Å²) in [6, 6.07) is 4.56. The zero-order valence-electron chi connectivity index (χ0n) is 12.2. The van der Waals surface area contributed by atoms with Gasteiger partial charge in [0.15, 0.2) is 0 Å². The molecule has 1 aromatic carbocycles. The molecule has 0 atom stereocenters. The van der Waals surface area contributed by atoms with Crippen molar-refractivity contribution in [1.82, 2.24) is 4.31 Å². The molecule has 0 heterocycles. The van der Waals surface area contributed by atoms with Crippen LogP contribution in [-0.2, 0) is 10.0 Å². The van der Waals surface area contributed by atoms with Crippen molar-refractivity contribution >= 4 is 15.7 Å². The molecule has 0 spiro atoms. The minimum Gasteiger partial charge on any atom is -0.492 e. The first-order valence-corrected chi connectivity index (χ1v) is 8.59. The number of hydrogen-bond donors (Lipinski definition) is 2. The topological polar surface area (TPSA) is 92.9 Å². The second-order valence-electron chi connectivity index (χ2n) is 5.06. The van der Waals surface area contributed by atoms with Crippen molar-refractivity contribution < 1.29 is 18.3 Å². The molecule has 0 radical (unpaired) electrons. The molecule has 1 aliphatic rings. The summed E-state index contributed by atoms with van der Waals surface area (Å²) < 4.78 is 32.6. The summed E-state index contributed by atoms with van der Waals surface area (Å²) in [6.07, 6.45) is 2.66. The largest absolute Gasteiger partial charge is 0.492 e. The first-order valence-electron chi connectivity index (χ1n) is 7.15. The quantitative estimate of drug-likeness (QED) is 0.738. The average Bonchev–Trinajstić information content (AvgIpc) is 2.38. The number of nitrogen functional groups attached to an aromatic ring is 1. The van der Waals surface area contributed by atoms with E-state index in [9.17, 15) is 13.5 Å².